The van der Waals surface area contributed by atoms with Crippen LogP contribution in [0, 0.1) is 29.1 Å². The number of ether oxygens (including phenoxy) is 1. The molecule has 0 unspecified atom stereocenters. The van der Waals surface area contributed by atoms with Gasteiger partial charge < -0.3 is 4.74 Å². The fourth-order valence-electron chi connectivity index (χ4n) is 1.96. The van der Waals surface area contributed by atoms with E-state index in [1.54, 1.807) is 0 Å². The lowest BCUT2D eigenvalue weighted by atomic mass is 10.00. The van der Waals surface area contributed by atoms with Gasteiger partial charge >= 0.3 is 12.8 Å². The highest BCUT2D eigenvalue weighted by molar-refractivity contribution is 5.67. The Morgan fingerprint density at radius 2 is 1.24 bits per heavy atom. The Balaban J connectivity index is 2.74. The topological polar surface area (TPSA) is 9.23 Å². The van der Waals surface area contributed by atoms with Gasteiger partial charge in [-0.15, -0.1) is 0 Å². The summed E-state index contributed by atoms with van der Waals surface area (Å²) >= 11 is 0. The van der Waals surface area contributed by atoms with Gasteiger partial charge in [-0.2, -0.15) is 22.0 Å². The minimum absolute atomic E-state index is 0.0595. The van der Waals surface area contributed by atoms with Crippen LogP contribution < -0.4 is 4.74 Å². The third kappa shape index (κ3) is 3.49. The van der Waals surface area contributed by atoms with Crippen LogP contribution in [0.1, 0.15) is 5.56 Å². The van der Waals surface area contributed by atoms with Crippen molar-refractivity contribution in [1.29, 1.82) is 0 Å². The van der Waals surface area contributed by atoms with Crippen molar-refractivity contribution in [3.63, 3.8) is 0 Å². The summed E-state index contributed by atoms with van der Waals surface area (Å²) in [7, 11) is 0. The van der Waals surface area contributed by atoms with E-state index in [0.717, 1.165) is 0 Å². The van der Waals surface area contributed by atoms with Crippen LogP contribution in [0.25, 0.3) is 11.1 Å². The molecule has 0 saturated carbocycles. The van der Waals surface area contributed by atoms with Crippen LogP contribution in [-0.2, 0) is 6.18 Å². The minimum Gasteiger partial charge on any atom is -0.434 e. The number of hydrogen-bond donors (Lipinski definition) is 0. The lowest BCUT2D eigenvalue weighted by molar-refractivity contribution is -0.141. The number of alkyl halides is 5. The van der Waals surface area contributed by atoms with E-state index in [2.05, 4.69) is 4.74 Å². The molecule has 0 bridgehead atoms. The van der Waals surface area contributed by atoms with Crippen molar-refractivity contribution in [2.45, 2.75) is 12.8 Å². The molecule has 0 aliphatic rings. The second-order valence-corrected chi connectivity index (χ2v) is 4.53. The van der Waals surface area contributed by atoms with Gasteiger partial charge in [0.15, 0.2) is 23.3 Å². The van der Waals surface area contributed by atoms with E-state index < -0.39 is 64.3 Å². The zero-order chi connectivity index (χ0) is 19.1. The van der Waals surface area contributed by atoms with E-state index in [4.69, 9.17) is 0 Å². The minimum atomic E-state index is -5.30. The molecule has 11 heteroatoms. The van der Waals surface area contributed by atoms with Gasteiger partial charge in [0.25, 0.3) is 0 Å². The summed E-state index contributed by atoms with van der Waals surface area (Å²) in [5.74, 6) is -13.3. The Labute approximate surface area is 132 Å². The molecule has 1 nitrogen and oxygen atoms in total. The zero-order valence-electron chi connectivity index (χ0n) is 11.5. The van der Waals surface area contributed by atoms with Gasteiger partial charge in [0.05, 0.1) is 11.1 Å². The van der Waals surface area contributed by atoms with Crippen LogP contribution in [0.2, 0.25) is 0 Å². The van der Waals surface area contributed by atoms with Gasteiger partial charge in [0, 0.05) is 0 Å². The smallest absolute Gasteiger partial charge is 0.419 e. The number of hydrogen-bond acceptors (Lipinski definition) is 1. The van der Waals surface area contributed by atoms with Crippen LogP contribution in [-0.4, -0.2) is 6.61 Å². The second kappa shape index (κ2) is 6.45. The maximum atomic E-state index is 13.7. The number of halogens is 10. The van der Waals surface area contributed by atoms with Crippen molar-refractivity contribution in [3.05, 3.63) is 52.8 Å². The van der Waals surface area contributed by atoms with Gasteiger partial charge in [-0.05, 0) is 17.7 Å². The molecule has 0 N–H and O–H groups in total. The first kappa shape index (κ1) is 18.9. The average molecular weight is 378 g/mol. The fourth-order valence-corrected chi connectivity index (χ4v) is 1.96. The molecule has 0 amide bonds. The SMILES string of the molecule is Fc1c(F)c(F)c(-c2ccc(OC(F)F)c(C(F)(F)F)c2)c(F)c1F. The molecule has 2 aromatic rings. The normalized spacial score (nSPS) is 12.0. The summed E-state index contributed by atoms with van der Waals surface area (Å²) in [6.45, 7) is -3.64. The molecular formula is C14H4F10O. The van der Waals surface area contributed by atoms with Crippen molar-refractivity contribution < 1.29 is 48.6 Å². The van der Waals surface area contributed by atoms with Crippen LogP contribution in [0.3, 0.4) is 0 Å². The Bertz CT molecular complexity index is 783. The zero-order valence-corrected chi connectivity index (χ0v) is 11.5. The van der Waals surface area contributed by atoms with Crippen molar-refractivity contribution in [2.75, 3.05) is 0 Å². The van der Waals surface area contributed by atoms with Gasteiger partial charge in [0.2, 0.25) is 5.82 Å². The lowest BCUT2D eigenvalue weighted by Crippen LogP contribution is -2.12. The quantitative estimate of drug-likeness (QED) is 0.380. The molecule has 2 aromatic carbocycles. The van der Waals surface area contributed by atoms with Gasteiger partial charge in [0.1, 0.15) is 5.75 Å². The van der Waals surface area contributed by atoms with Crippen molar-refractivity contribution in [1.82, 2.24) is 0 Å². The summed E-state index contributed by atoms with van der Waals surface area (Å²) < 4.78 is 133. The highest BCUT2D eigenvalue weighted by Crippen LogP contribution is 2.41. The first-order valence-electron chi connectivity index (χ1n) is 6.13. The van der Waals surface area contributed by atoms with Crippen molar-refractivity contribution >= 4 is 0 Å². The molecular weight excluding hydrogens is 374 g/mol. The second-order valence-electron chi connectivity index (χ2n) is 4.53. The Morgan fingerprint density at radius 3 is 1.68 bits per heavy atom. The standard InChI is InChI=1S/C14H4F10O/c15-8-7(9(16)11(18)12(19)10(8)17)4-1-2-6(25-13(20)21)5(3-4)14(22,23)24/h1-3,13H. The van der Waals surface area contributed by atoms with E-state index in [-0.39, 0.29) is 12.1 Å². The van der Waals surface area contributed by atoms with E-state index in [9.17, 15) is 43.9 Å². The van der Waals surface area contributed by atoms with Crippen LogP contribution in [0.15, 0.2) is 18.2 Å². The molecule has 0 aliphatic carbocycles. The molecule has 2 rings (SSSR count). The molecule has 0 spiro atoms. The molecule has 0 radical (unpaired) electrons. The average Bonchev–Trinajstić information content (AvgIpc) is 2.51. The first-order chi connectivity index (χ1) is 11.4. The van der Waals surface area contributed by atoms with Crippen molar-refractivity contribution in [3.8, 4) is 16.9 Å². The Hall–Kier alpha value is -2.46. The number of rotatable bonds is 3. The summed E-state index contributed by atoms with van der Waals surface area (Å²) in [4.78, 5) is 0. The molecule has 136 valence electrons. The predicted molar refractivity (Wildman–Crippen MR) is 63.3 cm³/mol. The summed E-state index contributed by atoms with van der Waals surface area (Å²) in [5, 5.41) is 0. The van der Waals surface area contributed by atoms with Crippen LogP contribution in [0.4, 0.5) is 43.9 Å². The monoisotopic (exact) mass is 378 g/mol. The van der Waals surface area contributed by atoms with Crippen LogP contribution in [0.5, 0.6) is 5.75 Å². The van der Waals surface area contributed by atoms with Gasteiger partial charge in [-0.3, -0.25) is 0 Å². The summed E-state index contributed by atoms with van der Waals surface area (Å²) in [5.41, 5.74) is -4.58. The van der Waals surface area contributed by atoms with Gasteiger partial charge in [-0.25, -0.2) is 22.0 Å². The highest BCUT2D eigenvalue weighted by Gasteiger charge is 2.36. The van der Waals surface area contributed by atoms with Crippen LogP contribution >= 0.6 is 0 Å². The molecule has 0 fully saturated rings. The third-order valence-corrected chi connectivity index (χ3v) is 3.00. The Morgan fingerprint density at radius 1 is 0.760 bits per heavy atom. The molecule has 0 saturated heterocycles. The third-order valence-electron chi connectivity index (χ3n) is 3.00. The van der Waals surface area contributed by atoms with Crippen molar-refractivity contribution in [2.24, 2.45) is 0 Å². The molecule has 0 aliphatic heterocycles. The molecule has 0 aromatic heterocycles. The largest absolute Gasteiger partial charge is 0.434 e. The van der Waals surface area contributed by atoms with Gasteiger partial charge in [-0.1, -0.05) is 6.07 Å². The molecule has 0 heterocycles. The van der Waals surface area contributed by atoms with E-state index in [0.29, 0.717) is 6.07 Å². The van der Waals surface area contributed by atoms with E-state index in [1.165, 1.54) is 0 Å². The maximum Gasteiger partial charge on any atom is 0.419 e. The summed E-state index contributed by atoms with van der Waals surface area (Å²) in [6.07, 6.45) is -5.30. The Kier molecular flexibility index (Phi) is 4.87. The molecule has 0 atom stereocenters. The van der Waals surface area contributed by atoms with E-state index in [1.807, 2.05) is 0 Å². The maximum absolute atomic E-state index is 13.7. The summed E-state index contributed by atoms with van der Waals surface area (Å²) in [6, 6.07) is 0.670. The van der Waals surface area contributed by atoms with E-state index >= 15 is 0 Å². The highest BCUT2D eigenvalue weighted by atomic mass is 19.4. The molecule has 25 heavy (non-hydrogen) atoms. The predicted octanol–water partition coefficient (Wildman–Crippen LogP) is 5.67. The lowest BCUT2D eigenvalue weighted by Gasteiger charge is -2.16. The first-order valence-corrected chi connectivity index (χ1v) is 6.13. The number of benzene rings is 2. The fraction of sp³-hybridized carbons (Fsp3) is 0.143.